The second-order valence-electron chi connectivity index (χ2n) is 4.10. The molecule has 0 unspecified atom stereocenters. The van der Waals surface area contributed by atoms with Crippen molar-refractivity contribution in [3.05, 3.63) is 46.0 Å². The highest BCUT2D eigenvalue weighted by atomic mass is 32.2. The number of aromatic nitrogens is 1. The average Bonchev–Trinajstić information content (AvgIpc) is 2.73. The molecule has 0 saturated heterocycles. The SMILES string of the molecule is Cc1csc(SCc2ccc(C(=N)N)cc2C)n1. The lowest BCUT2D eigenvalue weighted by Crippen LogP contribution is -2.11. The monoisotopic (exact) mass is 277 g/mol. The minimum atomic E-state index is 0.118. The molecule has 0 fully saturated rings. The van der Waals surface area contributed by atoms with Gasteiger partial charge in [-0.15, -0.1) is 11.3 Å². The van der Waals surface area contributed by atoms with Gasteiger partial charge in [-0.05, 0) is 31.0 Å². The van der Waals surface area contributed by atoms with Crippen molar-refractivity contribution in [2.24, 2.45) is 5.73 Å². The van der Waals surface area contributed by atoms with Crippen molar-refractivity contribution in [1.82, 2.24) is 4.98 Å². The number of nitrogens with two attached hydrogens (primary N) is 1. The summed E-state index contributed by atoms with van der Waals surface area (Å²) in [5.41, 5.74) is 9.76. The van der Waals surface area contributed by atoms with E-state index >= 15 is 0 Å². The molecule has 0 radical (unpaired) electrons. The summed E-state index contributed by atoms with van der Waals surface area (Å²) in [6, 6.07) is 5.91. The van der Waals surface area contributed by atoms with Crippen LogP contribution in [-0.2, 0) is 5.75 Å². The smallest absolute Gasteiger partial charge is 0.150 e. The van der Waals surface area contributed by atoms with Crippen LogP contribution in [0.2, 0.25) is 0 Å². The maximum Gasteiger partial charge on any atom is 0.150 e. The molecule has 2 rings (SSSR count). The standard InChI is InChI=1S/C13H15N3S2/c1-8-5-10(12(14)15)3-4-11(8)7-18-13-16-9(2)6-17-13/h3-6H,7H2,1-2H3,(H3,14,15). The van der Waals surface area contributed by atoms with E-state index in [1.165, 1.54) is 11.1 Å². The zero-order valence-corrected chi connectivity index (χ0v) is 12.0. The minimum Gasteiger partial charge on any atom is -0.384 e. The molecule has 3 nitrogen and oxygen atoms in total. The van der Waals surface area contributed by atoms with Gasteiger partial charge in [0.1, 0.15) is 10.2 Å². The predicted octanol–water partition coefficient (Wildman–Crippen LogP) is 3.34. The second-order valence-corrected chi connectivity index (χ2v) is 6.18. The van der Waals surface area contributed by atoms with Crippen LogP contribution in [0.15, 0.2) is 27.9 Å². The van der Waals surface area contributed by atoms with E-state index < -0.39 is 0 Å². The second kappa shape index (κ2) is 5.54. The Hall–Kier alpha value is -1.33. The van der Waals surface area contributed by atoms with Gasteiger partial charge in [0.2, 0.25) is 0 Å². The van der Waals surface area contributed by atoms with E-state index in [-0.39, 0.29) is 5.84 Å². The Morgan fingerprint density at radius 2 is 2.22 bits per heavy atom. The number of thiazole rings is 1. The number of benzene rings is 1. The third-order valence-electron chi connectivity index (χ3n) is 2.60. The van der Waals surface area contributed by atoms with Crippen molar-refractivity contribution in [3.8, 4) is 0 Å². The third kappa shape index (κ3) is 3.11. The van der Waals surface area contributed by atoms with E-state index in [1.54, 1.807) is 23.1 Å². The van der Waals surface area contributed by atoms with Crippen LogP contribution < -0.4 is 5.73 Å². The highest BCUT2D eigenvalue weighted by molar-refractivity contribution is 8.00. The number of nitrogens with zero attached hydrogens (tertiary/aromatic N) is 1. The van der Waals surface area contributed by atoms with Crippen molar-refractivity contribution in [2.45, 2.75) is 23.9 Å². The van der Waals surface area contributed by atoms with Crippen LogP contribution in [0.5, 0.6) is 0 Å². The van der Waals surface area contributed by atoms with Gasteiger partial charge in [0, 0.05) is 22.4 Å². The van der Waals surface area contributed by atoms with Gasteiger partial charge in [-0.3, -0.25) is 5.41 Å². The van der Waals surface area contributed by atoms with E-state index in [0.29, 0.717) is 0 Å². The van der Waals surface area contributed by atoms with Crippen molar-refractivity contribution in [2.75, 3.05) is 0 Å². The number of rotatable bonds is 4. The summed E-state index contributed by atoms with van der Waals surface area (Å²) in [5, 5.41) is 9.47. The minimum absolute atomic E-state index is 0.118. The molecule has 0 bridgehead atoms. The number of hydrogen-bond donors (Lipinski definition) is 2. The molecule has 1 aromatic heterocycles. The lowest BCUT2D eigenvalue weighted by atomic mass is 10.1. The van der Waals surface area contributed by atoms with E-state index in [0.717, 1.165) is 21.3 Å². The van der Waals surface area contributed by atoms with Gasteiger partial charge in [-0.1, -0.05) is 23.9 Å². The molecule has 18 heavy (non-hydrogen) atoms. The molecule has 3 N–H and O–H groups in total. The Morgan fingerprint density at radius 3 is 2.78 bits per heavy atom. The molecule has 0 aliphatic heterocycles. The summed E-state index contributed by atoms with van der Waals surface area (Å²) in [6.07, 6.45) is 0. The third-order valence-corrected chi connectivity index (χ3v) is 4.79. The van der Waals surface area contributed by atoms with E-state index in [2.05, 4.69) is 17.3 Å². The number of aryl methyl sites for hydroxylation is 2. The van der Waals surface area contributed by atoms with Crippen LogP contribution in [0.25, 0.3) is 0 Å². The summed E-state index contributed by atoms with van der Waals surface area (Å²) in [6.45, 7) is 4.06. The number of hydrogen-bond acceptors (Lipinski definition) is 4. The van der Waals surface area contributed by atoms with Gasteiger partial charge < -0.3 is 5.73 Å². The molecule has 0 amide bonds. The maximum atomic E-state index is 7.41. The fourth-order valence-electron chi connectivity index (χ4n) is 1.56. The van der Waals surface area contributed by atoms with E-state index in [9.17, 15) is 0 Å². The molecule has 0 saturated carbocycles. The van der Waals surface area contributed by atoms with Crippen LogP contribution in [0.3, 0.4) is 0 Å². The van der Waals surface area contributed by atoms with Crippen molar-refractivity contribution in [1.29, 1.82) is 5.41 Å². The quantitative estimate of drug-likeness (QED) is 0.512. The first-order valence-electron chi connectivity index (χ1n) is 5.55. The molecular weight excluding hydrogens is 262 g/mol. The molecule has 0 atom stereocenters. The number of nitrogens with one attached hydrogen (secondary N) is 1. The van der Waals surface area contributed by atoms with Gasteiger partial charge in [0.05, 0.1) is 0 Å². The first-order valence-corrected chi connectivity index (χ1v) is 7.41. The van der Waals surface area contributed by atoms with Crippen molar-refractivity contribution < 1.29 is 0 Å². The van der Waals surface area contributed by atoms with Crippen LogP contribution in [-0.4, -0.2) is 10.8 Å². The molecule has 1 aromatic carbocycles. The normalized spacial score (nSPS) is 10.6. The predicted molar refractivity (Wildman–Crippen MR) is 78.6 cm³/mol. The zero-order chi connectivity index (χ0) is 13.1. The highest BCUT2D eigenvalue weighted by Gasteiger charge is 2.05. The maximum absolute atomic E-state index is 7.41. The van der Waals surface area contributed by atoms with Crippen LogP contribution >= 0.6 is 23.1 Å². The summed E-state index contributed by atoms with van der Waals surface area (Å²) in [4.78, 5) is 4.43. The molecule has 0 spiro atoms. The Balaban J connectivity index is 2.08. The van der Waals surface area contributed by atoms with Crippen LogP contribution in [0.4, 0.5) is 0 Å². The lowest BCUT2D eigenvalue weighted by molar-refractivity contribution is 1.16. The van der Waals surface area contributed by atoms with Crippen molar-refractivity contribution in [3.63, 3.8) is 0 Å². The largest absolute Gasteiger partial charge is 0.384 e. The molecule has 94 valence electrons. The Morgan fingerprint density at radius 1 is 1.44 bits per heavy atom. The van der Waals surface area contributed by atoms with Gasteiger partial charge >= 0.3 is 0 Å². The van der Waals surface area contributed by atoms with Gasteiger partial charge in [0.15, 0.2) is 0 Å². The molecule has 0 aliphatic carbocycles. The number of nitrogen functional groups attached to an aromatic ring is 1. The number of amidine groups is 1. The summed E-state index contributed by atoms with van der Waals surface area (Å²) in [5.74, 6) is 1.02. The highest BCUT2D eigenvalue weighted by Crippen LogP contribution is 2.27. The molecule has 0 aliphatic rings. The zero-order valence-electron chi connectivity index (χ0n) is 10.4. The fourth-order valence-corrected chi connectivity index (χ4v) is 3.49. The lowest BCUT2D eigenvalue weighted by Gasteiger charge is -2.06. The topological polar surface area (TPSA) is 62.8 Å². The van der Waals surface area contributed by atoms with Crippen molar-refractivity contribution >= 4 is 28.9 Å². The Kier molecular flexibility index (Phi) is 4.04. The van der Waals surface area contributed by atoms with Crippen LogP contribution in [0.1, 0.15) is 22.4 Å². The summed E-state index contributed by atoms with van der Waals surface area (Å²) in [7, 11) is 0. The molecule has 1 heterocycles. The number of thioether (sulfide) groups is 1. The first-order chi connectivity index (χ1) is 8.56. The Bertz CT molecular complexity index is 575. The molecule has 5 heteroatoms. The van der Waals surface area contributed by atoms with Gasteiger partial charge in [-0.25, -0.2) is 4.98 Å². The Labute approximate surface area is 115 Å². The summed E-state index contributed by atoms with van der Waals surface area (Å²) >= 11 is 3.43. The average molecular weight is 277 g/mol. The van der Waals surface area contributed by atoms with E-state index in [4.69, 9.17) is 11.1 Å². The van der Waals surface area contributed by atoms with Crippen LogP contribution in [0, 0.1) is 19.3 Å². The molecule has 2 aromatic rings. The molecular formula is C13H15N3S2. The van der Waals surface area contributed by atoms with E-state index in [1.807, 2.05) is 25.1 Å². The first kappa shape index (κ1) is 13.1. The summed E-state index contributed by atoms with van der Waals surface area (Å²) < 4.78 is 1.10. The van der Waals surface area contributed by atoms with Gasteiger partial charge in [0.25, 0.3) is 0 Å². The van der Waals surface area contributed by atoms with Gasteiger partial charge in [-0.2, -0.15) is 0 Å². The fraction of sp³-hybridized carbons (Fsp3) is 0.231.